The molecular formula is C20H29ClN4O2. The number of hydrogen-bond donors (Lipinski definition) is 1. The van der Waals surface area contributed by atoms with Crippen LogP contribution < -0.4 is 5.32 Å². The molecule has 27 heavy (non-hydrogen) atoms. The maximum absolute atomic E-state index is 12.1. The Kier molecular flexibility index (Phi) is 7.50. The summed E-state index contributed by atoms with van der Waals surface area (Å²) in [6, 6.07) is 7.99. The molecule has 0 aromatic heterocycles. The van der Waals surface area contributed by atoms with Crippen LogP contribution in [0.15, 0.2) is 24.3 Å². The van der Waals surface area contributed by atoms with Crippen LogP contribution in [0.3, 0.4) is 0 Å². The van der Waals surface area contributed by atoms with Gasteiger partial charge in [-0.05, 0) is 30.5 Å². The molecule has 0 saturated carbocycles. The van der Waals surface area contributed by atoms with Crippen molar-refractivity contribution in [3.63, 3.8) is 0 Å². The van der Waals surface area contributed by atoms with E-state index in [2.05, 4.69) is 27.2 Å². The van der Waals surface area contributed by atoms with E-state index in [1.807, 2.05) is 17.0 Å². The molecular weight excluding hydrogens is 364 g/mol. The molecule has 2 aliphatic heterocycles. The zero-order valence-corrected chi connectivity index (χ0v) is 16.6. The first-order valence-electron chi connectivity index (χ1n) is 9.84. The van der Waals surface area contributed by atoms with Gasteiger partial charge in [0.2, 0.25) is 11.8 Å². The van der Waals surface area contributed by atoms with Gasteiger partial charge < -0.3 is 10.2 Å². The highest BCUT2D eigenvalue weighted by molar-refractivity contribution is 6.30. The van der Waals surface area contributed by atoms with E-state index < -0.39 is 0 Å². The first kappa shape index (κ1) is 20.1. The van der Waals surface area contributed by atoms with Gasteiger partial charge in [-0.3, -0.25) is 19.4 Å². The maximum atomic E-state index is 12.1. The summed E-state index contributed by atoms with van der Waals surface area (Å²) in [7, 11) is 0. The van der Waals surface area contributed by atoms with Crippen LogP contribution in [0, 0.1) is 0 Å². The van der Waals surface area contributed by atoms with Crippen molar-refractivity contribution < 1.29 is 9.59 Å². The zero-order valence-electron chi connectivity index (χ0n) is 15.8. The number of likely N-dealkylation sites (tertiary alicyclic amines) is 1. The molecule has 0 unspecified atom stereocenters. The van der Waals surface area contributed by atoms with Crippen molar-refractivity contribution in [3.8, 4) is 0 Å². The number of nitrogens with zero attached hydrogens (tertiary/aromatic N) is 3. The molecule has 2 fully saturated rings. The van der Waals surface area contributed by atoms with Crippen LogP contribution >= 0.6 is 11.6 Å². The van der Waals surface area contributed by atoms with Crippen LogP contribution in [-0.4, -0.2) is 78.9 Å². The number of carbonyl (C=O) groups is 2. The zero-order chi connectivity index (χ0) is 19.1. The summed E-state index contributed by atoms with van der Waals surface area (Å²) < 4.78 is 0. The normalized spacial score (nSPS) is 18.9. The van der Waals surface area contributed by atoms with Gasteiger partial charge in [-0.1, -0.05) is 23.7 Å². The number of benzene rings is 1. The average molecular weight is 393 g/mol. The molecule has 3 rings (SSSR count). The van der Waals surface area contributed by atoms with Crippen LogP contribution in [0.4, 0.5) is 0 Å². The highest BCUT2D eigenvalue weighted by Crippen LogP contribution is 2.13. The number of nitrogens with one attached hydrogen (secondary N) is 1. The largest absolute Gasteiger partial charge is 0.355 e. The van der Waals surface area contributed by atoms with Gasteiger partial charge >= 0.3 is 0 Å². The van der Waals surface area contributed by atoms with Crippen LogP contribution in [0.25, 0.3) is 0 Å². The highest BCUT2D eigenvalue weighted by Gasteiger charge is 2.20. The molecule has 2 saturated heterocycles. The van der Waals surface area contributed by atoms with E-state index in [0.717, 1.165) is 63.7 Å². The Morgan fingerprint density at radius 2 is 1.74 bits per heavy atom. The fourth-order valence-electron chi connectivity index (χ4n) is 3.65. The first-order valence-corrected chi connectivity index (χ1v) is 10.2. The Hall–Kier alpha value is -1.63. The molecule has 0 atom stereocenters. The lowest BCUT2D eigenvalue weighted by Crippen LogP contribution is -2.49. The topological polar surface area (TPSA) is 55.9 Å². The molecule has 1 N–H and O–H groups in total. The van der Waals surface area contributed by atoms with E-state index in [1.165, 1.54) is 5.56 Å². The number of halogens is 1. The van der Waals surface area contributed by atoms with E-state index in [-0.39, 0.29) is 11.8 Å². The Morgan fingerprint density at radius 1 is 1.04 bits per heavy atom. The van der Waals surface area contributed by atoms with Crippen molar-refractivity contribution in [1.82, 2.24) is 20.0 Å². The van der Waals surface area contributed by atoms with Crippen LogP contribution in [0.5, 0.6) is 0 Å². The molecule has 0 spiro atoms. The van der Waals surface area contributed by atoms with E-state index in [9.17, 15) is 9.59 Å². The first-order chi connectivity index (χ1) is 13.1. The summed E-state index contributed by atoms with van der Waals surface area (Å²) in [4.78, 5) is 30.2. The molecule has 2 aliphatic rings. The smallest absolute Gasteiger partial charge is 0.234 e. The molecule has 2 amide bonds. The van der Waals surface area contributed by atoms with Gasteiger partial charge in [-0.25, -0.2) is 0 Å². The van der Waals surface area contributed by atoms with E-state index >= 15 is 0 Å². The Morgan fingerprint density at radius 3 is 2.41 bits per heavy atom. The summed E-state index contributed by atoms with van der Waals surface area (Å²) in [5.41, 5.74) is 1.27. The molecule has 6 nitrogen and oxygen atoms in total. The Balaban J connectivity index is 1.27. The third kappa shape index (κ3) is 6.48. The van der Waals surface area contributed by atoms with Crippen molar-refractivity contribution >= 4 is 23.4 Å². The van der Waals surface area contributed by atoms with Crippen molar-refractivity contribution in [2.75, 3.05) is 52.4 Å². The second kappa shape index (κ2) is 10.1. The lowest BCUT2D eigenvalue weighted by atomic mass is 10.2. The Labute approximate surface area is 166 Å². The predicted molar refractivity (Wildman–Crippen MR) is 107 cm³/mol. The fourth-order valence-corrected chi connectivity index (χ4v) is 3.78. The van der Waals surface area contributed by atoms with Crippen molar-refractivity contribution in [2.24, 2.45) is 0 Å². The number of piperazine rings is 1. The summed E-state index contributed by atoms with van der Waals surface area (Å²) in [5, 5.41) is 3.75. The minimum atomic E-state index is 0.0777. The van der Waals surface area contributed by atoms with Crippen LogP contribution in [-0.2, 0) is 16.1 Å². The van der Waals surface area contributed by atoms with E-state index in [0.29, 0.717) is 19.5 Å². The molecule has 1 aromatic rings. The van der Waals surface area contributed by atoms with E-state index in [1.54, 1.807) is 0 Å². The second-order valence-corrected chi connectivity index (χ2v) is 7.80. The lowest BCUT2D eigenvalue weighted by molar-refractivity contribution is -0.127. The molecule has 7 heteroatoms. The molecule has 2 heterocycles. The van der Waals surface area contributed by atoms with Crippen molar-refractivity contribution in [1.29, 1.82) is 0 Å². The highest BCUT2D eigenvalue weighted by atomic mass is 35.5. The minimum Gasteiger partial charge on any atom is -0.355 e. The number of amides is 2. The lowest BCUT2D eigenvalue weighted by Gasteiger charge is -2.34. The monoisotopic (exact) mass is 392 g/mol. The van der Waals surface area contributed by atoms with Crippen molar-refractivity contribution in [3.05, 3.63) is 34.9 Å². The minimum absolute atomic E-state index is 0.0777. The quantitative estimate of drug-likeness (QED) is 0.682. The summed E-state index contributed by atoms with van der Waals surface area (Å²) >= 11 is 5.93. The van der Waals surface area contributed by atoms with Gasteiger partial charge in [0.1, 0.15) is 0 Å². The van der Waals surface area contributed by atoms with Gasteiger partial charge in [0.15, 0.2) is 0 Å². The van der Waals surface area contributed by atoms with E-state index in [4.69, 9.17) is 11.6 Å². The maximum Gasteiger partial charge on any atom is 0.234 e. The summed E-state index contributed by atoms with van der Waals surface area (Å²) in [6.45, 7) is 7.38. The predicted octanol–water partition coefficient (Wildman–Crippen LogP) is 1.59. The molecule has 0 bridgehead atoms. The van der Waals surface area contributed by atoms with Crippen LogP contribution in [0.2, 0.25) is 5.02 Å². The summed E-state index contributed by atoms with van der Waals surface area (Å²) in [6.07, 6.45) is 2.47. The number of hydrogen-bond acceptors (Lipinski definition) is 4. The molecule has 0 aliphatic carbocycles. The summed E-state index contributed by atoms with van der Waals surface area (Å²) in [5.74, 6) is 0.326. The van der Waals surface area contributed by atoms with Crippen LogP contribution in [0.1, 0.15) is 24.8 Å². The number of carbonyl (C=O) groups excluding carboxylic acids is 2. The SMILES string of the molecule is O=C(CN1CCN(Cc2ccc(Cl)cc2)CC1)NCCCN1CCCC1=O. The van der Waals surface area contributed by atoms with Gasteiger partial charge in [0.05, 0.1) is 6.54 Å². The number of rotatable bonds is 8. The fraction of sp³-hybridized carbons (Fsp3) is 0.600. The van der Waals surface area contributed by atoms with Gasteiger partial charge in [0, 0.05) is 63.8 Å². The van der Waals surface area contributed by atoms with Gasteiger partial charge in [-0.15, -0.1) is 0 Å². The average Bonchev–Trinajstić information content (AvgIpc) is 3.07. The molecule has 0 radical (unpaired) electrons. The molecule has 148 valence electrons. The standard InChI is InChI=1S/C20H29ClN4O2/c21-18-6-4-17(5-7-18)15-23-11-13-24(14-12-23)16-19(26)22-8-2-10-25-9-1-3-20(25)27/h4-7H,1-3,8-16H2,(H,22,26). The van der Waals surface area contributed by atoms with Gasteiger partial charge in [0.25, 0.3) is 0 Å². The Bertz CT molecular complexity index is 629. The third-order valence-corrected chi connectivity index (χ3v) is 5.50. The van der Waals surface area contributed by atoms with Crippen molar-refractivity contribution in [2.45, 2.75) is 25.8 Å². The molecule has 1 aromatic carbocycles. The third-order valence-electron chi connectivity index (χ3n) is 5.25. The second-order valence-electron chi connectivity index (χ2n) is 7.37. The van der Waals surface area contributed by atoms with Gasteiger partial charge in [-0.2, -0.15) is 0 Å².